The number of hydrogen-bond donors (Lipinski definition) is 0. The molecule has 2 aromatic carbocycles. The summed E-state index contributed by atoms with van der Waals surface area (Å²) in [6.07, 6.45) is 5.13. The number of rotatable bonds is 5. The smallest absolute Gasteiger partial charge is 0.334 e. The Balaban J connectivity index is 1.54. The monoisotopic (exact) mass is 344 g/mol. The normalized spacial score (nSPS) is 16.7. The van der Waals surface area contributed by atoms with E-state index in [0.29, 0.717) is 12.0 Å². The minimum atomic E-state index is -0.302. The molecular formula is C22H20N2O2. The first kappa shape index (κ1) is 16.3. The van der Waals surface area contributed by atoms with Crippen molar-refractivity contribution in [1.29, 1.82) is 0 Å². The molecule has 1 aliphatic rings. The van der Waals surface area contributed by atoms with Crippen LogP contribution in [0.1, 0.15) is 23.7 Å². The van der Waals surface area contributed by atoms with Gasteiger partial charge in [-0.3, -0.25) is 4.68 Å². The number of aryl methyl sites for hydroxylation is 2. The molecule has 0 aliphatic carbocycles. The van der Waals surface area contributed by atoms with Crippen molar-refractivity contribution >= 4 is 5.97 Å². The highest BCUT2D eigenvalue weighted by Gasteiger charge is 2.30. The molecule has 0 saturated carbocycles. The number of ether oxygens (including phenoxy) is 1. The number of aromatic nitrogens is 2. The third-order valence-electron chi connectivity index (χ3n) is 4.69. The molecule has 1 fully saturated rings. The summed E-state index contributed by atoms with van der Waals surface area (Å²) in [5, 5.41) is 4.50. The van der Waals surface area contributed by atoms with Crippen molar-refractivity contribution < 1.29 is 9.53 Å². The maximum Gasteiger partial charge on any atom is 0.334 e. The third kappa shape index (κ3) is 3.31. The van der Waals surface area contributed by atoms with Crippen LogP contribution in [0, 0.1) is 0 Å². The van der Waals surface area contributed by atoms with Gasteiger partial charge in [-0.2, -0.15) is 5.10 Å². The van der Waals surface area contributed by atoms with Crippen molar-refractivity contribution in [3.8, 4) is 11.1 Å². The summed E-state index contributed by atoms with van der Waals surface area (Å²) in [5.41, 5.74) is 4.90. The van der Waals surface area contributed by atoms with Gasteiger partial charge in [0.1, 0.15) is 6.10 Å². The van der Waals surface area contributed by atoms with E-state index in [-0.39, 0.29) is 12.1 Å². The molecule has 0 spiro atoms. The molecule has 1 atom stereocenters. The molecule has 130 valence electrons. The zero-order valence-corrected chi connectivity index (χ0v) is 14.5. The standard InChI is InChI=1S/C22H20N2O2/c1-16-13-21(26-22(16)25)20-10-6-5-9-19(20)18-14-23-24(15-18)12-11-17-7-3-2-4-8-17/h2-10,14-15,21H,1,11-13H2. The Morgan fingerprint density at radius 2 is 1.88 bits per heavy atom. The van der Waals surface area contributed by atoms with Gasteiger partial charge in [-0.05, 0) is 17.5 Å². The maximum absolute atomic E-state index is 11.7. The zero-order valence-electron chi connectivity index (χ0n) is 14.5. The fraction of sp³-hybridized carbons (Fsp3) is 0.182. The van der Waals surface area contributed by atoms with E-state index in [0.717, 1.165) is 29.7 Å². The van der Waals surface area contributed by atoms with Crippen LogP contribution in [-0.4, -0.2) is 15.7 Å². The van der Waals surface area contributed by atoms with Gasteiger partial charge in [0.25, 0.3) is 0 Å². The van der Waals surface area contributed by atoms with Crippen LogP contribution in [0.2, 0.25) is 0 Å². The summed E-state index contributed by atoms with van der Waals surface area (Å²) < 4.78 is 7.43. The van der Waals surface area contributed by atoms with Crippen molar-refractivity contribution in [1.82, 2.24) is 9.78 Å². The molecule has 2 heterocycles. The lowest BCUT2D eigenvalue weighted by atomic mass is 9.96. The molecule has 0 bridgehead atoms. The highest BCUT2D eigenvalue weighted by molar-refractivity contribution is 5.90. The van der Waals surface area contributed by atoms with Crippen LogP contribution in [0.25, 0.3) is 11.1 Å². The summed E-state index contributed by atoms with van der Waals surface area (Å²) in [5.74, 6) is -0.302. The Hall–Kier alpha value is -3.14. The number of carbonyl (C=O) groups excluding carboxylic acids is 1. The molecule has 26 heavy (non-hydrogen) atoms. The van der Waals surface area contributed by atoms with E-state index in [4.69, 9.17) is 4.74 Å². The van der Waals surface area contributed by atoms with Gasteiger partial charge in [0.05, 0.1) is 6.20 Å². The van der Waals surface area contributed by atoms with Crippen molar-refractivity contribution in [3.05, 3.63) is 90.3 Å². The van der Waals surface area contributed by atoms with E-state index in [1.165, 1.54) is 5.56 Å². The first-order chi connectivity index (χ1) is 12.7. The van der Waals surface area contributed by atoms with Crippen LogP contribution in [0.3, 0.4) is 0 Å². The van der Waals surface area contributed by atoms with E-state index in [1.54, 1.807) is 0 Å². The SMILES string of the molecule is C=C1CC(c2ccccc2-c2cnn(CCc3ccccc3)c2)OC1=O. The molecule has 1 aliphatic heterocycles. The van der Waals surface area contributed by atoms with Gasteiger partial charge < -0.3 is 4.74 Å². The molecule has 0 amide bonds. The molecule has 1 aromatic heterocycles. The number of benzene rings is 2. The molecule has 1 unspecified atom stereocenters. The second-order valence-electron chi connectivity index (χ2n) is 6.52. The Bertz CT molecular complexity index is 928. The highest BCUT2D eigenvalue weighted by Crippen LogP contribution is 2.37. The minimum Gasteiger partial charge on any atom is -0.454 e. The Kier molecular flexibility index (Phi) is 4.40. The lowest BCUT2D eigenvalue weighted by Gasteiger charge is -2.13. The molecule has 4 rings (SSSR count). The summed E-state index contributed by atoms with van der Waals surface area (Å²) in [6, 6.07) is 18.4. The quantitative estimate of drug-likeness (QED) is 0.511. The molecule has 1 saturated heterocycles. The van der Waals surface area contributed by atoms with Crippen LogP contribution >= 0.6 is 0 Å². The molecule has 4 heteroatoms. The van der Waals surface area contributed by atoms with Crippen LogP contribution in [-0.2, 0) is 22.5 Å². The fourth-order valence-electron chi connectivity index (χ4n) is 3.29. The Labute approximate surface area is 152 Å². The average Bonchev–Trinajstić information content (AvgIpc) is 3.28. The summed E-state index contributed by atoms with van der Waals surface area (Å²) >= 11 is 0. The van der Waals surface area contributed by atoms with E-state index in [2.05, 4.69) is 35.9 Å². The van der Waals surface area contributed by atoms with E-state index in [9.17, 15) is 4.79 Å². The minimum absolute atomic E-state index is 0.265. The van der Waals surface area contributed by atoms with Crippen LogP contribution in [0.15, 0.2) is 79.1 Å². The first-order valence-corrected chi connectivity index (χ1v) is 8.75. The molecule has 4 nitrogen and oxygen atoms in total. The zero-order chi connectivity index (χ0) is 17.9. The topological polar surface area (TPSA) is 44.1 Å². The number of nitrogens with zero attached hydrogens (tertiary/aromatic N) is 2. The maximum atomic E-state index is 11.7. The summed E-state index contributed by atoms with van der Waals surface area (Å²) in [7, 11) is 0. The Morgan fingerprint density at radius 1 is 1.12 bits per heavy atom. The van der Waals surface area contributed by atoms with Gasteiger partial charge >= 0.3 is 5.97 Å². The molecule has 0 N–H and O–H groups in total. The van der Waals surface area contributed by atoms with Gasteiger partial charge in [-0.15, -0.1) is 0 Å². The van der Waals surface area contributed by atoms with Crippen LogP contribution in [0.4, 0.5) is 0 Å². The summed E-state index contributed by atoms with van der Waals surface area (Å²) in [4.78, 5) is 11.7. The highest BCUT2D eigenvalue weighted by atomic mass is 16.5. The third-order valence-corrected chi connectivity index (χ3v) is 4.69. The van der Waals surface area contributed by atoms with Crippen LogP contribution < -0.4 is 0 Å². The second kappa shape index (κ2) is 7.00. The van der Waals surface area contributed by atoms with Gasteiger partial charge in [0.2, 0.25) is 0 Å². The predicted octanol–water partition coefficient (Wildman–Crippen LogP) is 4.34. The van der Waals surface area contributed by atoms with Gasteiger partial charge in [-0.1, -0.05) is 61.2 Å². The van der Waals surface area contributed by atoms with Crippen molar-refractivity contribution in [2.45, 2.75) is 25.5 Å². The number of carbonyl (C=O) groups is 1. The van der Waals surface area contributed by atoms with Crippen molar-refractivity contribution in [2.75, 3.05) is 0 Å². The number of cyclic esters (lactones) is 1. The largest absolute Gasteiger partial charge is 0.454 e. The van der Waals surface area contributed by atoms with Crippen molar-refractivity contribution in [2.24, 2.45) is 0 Å². The van der Waals surface area contributed by atoms with E-state index < -0.39 is 0 Å². The van der Waals surface area contributed by atoms with E-state index in [1.807, 2.05) is 47.4 Å². The average molecular weight is 344 g/mol. The van der Waals surface area contributed by atoms with Crippen LogP contribution in [0.5, 0.6) is 0 Å². The summed E-state index contributed by atoms with van der Waals surface area (Å²) in [6.45, 7) is 4.60. The van der Waals surface area contributed by atoms with Gasteiger partial charge in [0.15, 0.2) is 0 Å². The second-order valence-corrected chi connectivity index (χ2v) is 6.52. The predicted molar refractivity (Wildman–Crippen MR) is 100 cm³/mol. The first-order valence-electron chi connectivity index (χ1n) is 8.75. The van der Waals surface area contributed by atoms with Gasteiger partial charge in [0, 0.05) is 35.9 Å². The van der Waals surface area contributed by atoms with Gasteiger partial charge in [-0.25, -0.2) is 4.79 Å². The molecule has 3 aromatic rings. The lowest BCUT2D eigenvalue weighted by Crippen LogP contribution is -2.02. The number of hydrogen-bond acceptors (Lipinski definition) is 3. The molecule has 0 radical (unpaired) electrons. The number of esters is 1. The molecular weight excluding hydrogens is 324 g/mol. The Morgan fingerprint density at radius 3 is 2.65 bits per heavy atom. The lowest BCUT2D eigenvalue weighted by molar-refractivity contribution is -0.139. The van der Waals surface area contributed by atoms with Crippen molar-refractivity contribution in [3.63, 3.8) is 0 Å². The fourth-order valence-corrected chi connectivity index (χ4v) is 3.29. The van der Waals surface area contributed by atoms with E-state index >= 15 is 0 Å².